The number of ether oxygens (including phenoxy) is 1. The predicted octanol–water partition coefficient (Wildman–Crippen LogP) is 3.18. The van der Waals surface area contributed by atoms with E-state index >= 15 is 0 Å². The molecule has 2 heterocycles. The van der Waals surface area contributed by atoms with Gasteiger partial charge in [-0.1, -0.05) is 17.3 Å². The van der Waals surface area contributed by atoms with Gasteiger partial charge in [0.1, 0.15) is 18.5 Å². The lowest BCUT2D eigenvalue weighted by Gasteiger charge is -2.25. The summed E-state index contributed by atoms with van der Waals surface area (Å²) in [6.07, 6.45) is 1.61. The zero-order chi connectivity index (χ0) is 17.1. The van der Waals surface area contributed by atoms with Gasteiger partial charge in [-0.2, -0.15) is 0 Å². The van der Waals surface area contributed by atoms with Gasteiger partial charge in [-0.05, 0) is 57.4 Å². The Labute approximate surface area is 143 Å². The van der Waals surface area contributed by atoms with Crippen LogP contribution in [-0.2, 0) is 0 Å². The maximum absolute atomic E-state index is 10.4. The van der Waals surface area contributed by atoms with Crippen molar-refractivity contribution in [3.05, 3.63) is 46.8 Å². The van der Waals surface area contributed by atoms with Gasteiger partial charge in [0.05, 0.1) is 11.7 Å². The number of aliphatic hydroxyl groups is 1. The molecular weight excluding hydrogens is 304 g/mol. The van der Waals surface area contributed by atoms with Crippen molar-refractivity contribution in [1.29, 1.82) is 0 Å². The van der Waals surface area contributed by atoms with Crippen molar-refractivity contribution in [2.24, 2.45) is 0 Å². The minimum atomic E-state index is -0.533. The first kappa shape index (κ1) is 17.0. The number of hydrogen-bond donors (Lipinski definition) is 1. The van der Waals surface area contributed by atoms with E-state index in [0.717, 1.165) is 47.7 Å². The van der Waals surface area contributed by atoms with Crippen LogP contribution in [-0.4, -0.2) is 41.0 Å². The largest absolute Gasteiger partial charge is 0.491 e. The van der Waals surface area contributed by atoms with Crippen molar-refractivity contribution in [1.82, 2.24) is 10.1 Å². The van der Waals surface area contributed by atoms with E-state index in [9.17, 15) is 5.11 Å². The van der Waals surface area contributed by atoms with Crippen LogP contribution in [0.3, 0.4) is 0 Å². The summed E-state index contributed by atoms with van der Waals surface area (Å²) in [6.45, 7) is 7.82. The number of aromatic nitrogens is 1. The number of nitrogens with zero attached hydrogens (tertiary/aromatic N) is 2. The summed E-state index contributed by atoms with van der Waals surface area (Å²) < 4.78 is 11.2. The monoisotopic (exact) mass is 330 g/mol. The highest BCUT2D eigenvalue weighted by atomic mass is 16.5. The Kier molecular flexibility index (Phi) is 5.21. The van der Waals surface area contributed by atoms with E-state index < -0.39 is 6.10 Å². The summed E-state index contributed by atoms with van der Waals surface area (Å²) >= 11 is 0. The van der Waals surface area contributed by atoms with Crippen LogP contribution >= 0.6 is 0 Å². The SMILES string of the molecule is Cc1ccc(C)c(OCC(O)CN2CCCC2c2cc(C)no2)c1. The molecule has 1 fully saturated rings. The van der Waals surface area contributed by atoms with Crippen LogP contribution in [0.15, 0.2) is 28.8 Å². The van der Waals surface area contributed by atoms with E-state index in [-0.39, 0.29) is 6.04 Å². The predicted molar refractivity (Wildman–Crippen MR) is 92.2 cm³/mol. The van der Waals surface area contributed by atoms with Crippen molar-refractivity contribution >= 4 is 0 Å². The zero-order valence-corrected chi connectivity index (χ0v) is 14.7. The molecule has 5 nitrogen and oxygen atoms in total. The third kappa shape index (κ3) is 3.97. The Bertz CT molecular complexity index is 683. The summed E-state index contributed by atoms with van der Waals surface area (Å²) in [5.41, 5.74) is 3.14. The second kappa shape index (κ2) is 7.36. The van der Waals surface area contributed by atoms with Crippen molar-refractivity contribution in [3.8, 4) is 5.75 Å². The molecule has 1 aromatic carbocycles. The third-order valence-electron chi connectivity index (χ3n) is 4.56. The molecule has 5 heteroatoms. The fourth-order valence-corrected chi connectivity index (χ4v) is 3.28. The van der Waals surface area contributed by atoms with Gasteiger partial charge in [0, 0.05) is 12.6 Å². The Morgan fingerprint density at radius 3 is 2.92 bits per heavy atom. The number of hydrogen-bond acceptors (Lipinski definition) is 5. The maximum atomic E-state index is 10.4. The van der Waals surface area contributed by atoms with Crippen LogP contribution < -0.4 is 4.74 Å². The molecule has 3 rings (SSSR count). The quantitative estimate of drug-likeness (QED) is 0.881. The topological polar surface area (TPSA) is 58.7 Å². The van der Waals surface area contributed by atoms with E-state index in [0.29, 0.717) is 13.2 Å². The smallest absolute Gasteiger partial charge is 0.154 e. The fourth-order valence-electron chi connectivity index (χ4n) is 3.28. The van der Waals surface area contributed by atoms with Crippen LogP contribution in [0.4, 0.5) is 0 Å². The van der Waals surface area contributed by atoms with Crippen molar-refractivity contribution in [3.63, 3.8) is 0 Å². The van der Waals surface area contributed by atoms with Gasteiger partial charge in [-0.25, -0.2) is 0 Å². The number of rotatable bonds is 6. The van der Waals surface area contributed by atoms with Crippen molar-refractivity contribution in [2.75, 3.05) is 19.7 Å². The molecule has 0 radical (unpaired) electrons. The van der Waals surface area contributed by atoms with Gasteiger partial charge in [-0.3, -0.25) is 4.90 Å². The average molecular weight is 330 g/mol. The van der Waals surface area contributed by atoms with Gasteiger partial charge >= 0.3 is 0 Å². The van der Waals surface area contributed by atoms with Crippen LogP contribution in [0.1, 0.15) is 41.5 Å². The summed E-state index contributed by atoms with van der Waals surface area (Å²) in [6, 6.07) is 8.31. The van der Waals surface area contributed by atoms with Gasteiger partial charge in [0.2, 0.25) is 0 Å². The molecule has 0 bridgehead atoms. The highest BCUT2D eigenvalue weighted by molar-refractivity contribution is 5.35. The first-order valence-corrected chi connectivity index (χ1v) is 8.58. The minimum absolute atomic E-state index is 0.210. The summed E-state index contributed by atoms with van der Waals surface area (Å²) in [5, 5.41) is 14.4. The van der Waals surface area contributed by atoms with Crippen LogP contribution in [0.25, 0.3) is 0 Å². The maximum Gasteiger partial charge on any atom is 0.154 e. The molecule has 0 amide bonds. The lowest BCUT2D eigenvalue weighted by molar-refractivity contribution is 0.0595. The third-order valence-corrected chi connectivity index (χ3v) is 4.56. The molecule has 0 saturated carbocycles. The minimum Gasteiger partial charge on any atom is -0.491 e. The van der Waals surface area contributed by atoms with Crippen LogP contribution in [0.5, 0.6) is 5.75 Å². The fraction of sp³-hybridized carbons (Fsp3) is 0.526. The van der Waals surface area contributed by atoms with Gasteiger partial charge in [-0.15, -0.1) is 0 Å². The van der Waals surface area contributed by atoms with E-state index in [1.807, 2.05) is 39.0 Å². The number of aryl methyl sites for hydroxylation is 3. The van der Waals surface area contributed by atoms with E-state index in [1.165, 1.54) is 0 Å². The standard InChI is InChI=1S/C19H26N2O3/c1-13-6-7-14(2)18(9-13)23-12-16(22)11-21-8-4-5-17(21)19-10-15(3)20-24-19/h6-7,9-10,16-17,22H,4-5,8,11-12H2,1-3H3. The van der Waals surface area contributed by atoms with Crippen LogP contribution in [0, 0.1) is 20.8 Å². The molecule has 1 N–H and O–H groups in total. The molecular formula is C19H26N2O3. The summed E-state index contributed by atoms with van der Waals surface area (Å²) in [4.78, 5) is 2.26. The van der Waals surface area contributed by atoms with Gasteiger partial charge in [0.25, 0.3) is 0 Å². The van der Waals surface area contributed by atoms with E-state index in [1.54, 1.807) is 0 Å². The lowest BCUT2D eigenvalue weighted by Crippen LogP contribution is -2.35. The first-order chi connectivity index (χ1) is 11.5. The molecule has 130 valence electrons. The van der Waals surface area contributed by atoms with Crippen LogP contribution in [0.2, 0.25) is 0 Å². The lowest BCUT2D eigenvalue weighted by atomic mass is 10.1. The molecule has 1 saturated heterocycles. The molecule has 2 unspecified atom stereocenters. The molecule has 2 atom stereocenters. The average Bonchev–Trinajstić information content (AvgIpc) is 3.17. The molecule has 1 aliphatic rings. The molecule has 1 aromatic heterocycles. The zero-order valence-electron chi connectivity index (χ0n) is 14.7. The summed E-state index contributed by atoms with van der Waals surface area (Å²) in [5.74, 6) is 1.74. The highest BCUT2D eigenvalue weighted by Crippen LogP contribution is 2.32. The number of likely N-dealkylation sites (tertiary alicyclic amines) is 1. The molecule has 0 spiro atoms. The Morgan fingerprint density at radius 1 is 1.33 bits per heavy atom. The molecule has 24 heavy (non-hydrogen) atoms. The molecule has 1 aliphatic heterocycles. The van der Waals surface area contributed by atoms with Crippen molar-refractivity contribution < 1.29 is 14.4 Å². The second-order valence-corrected chi connectivity index (χ2v) is 6.76. The molecule has 2 aromatic rings. The first-order valence-electron chi connectivity index (χ1n) is 8.58. The highest BCUT2D eigenvalue weighted by Gasteiger charge is 2.30. The number of benzene rings is 1. The molecule has 0 aliphatic carbocycles. The van der Waals surface area contributed by atoms with Gasteiger partial charge in [0.15, 0.2) is 5.76 Å². The van der Waals surface area contributed by atoms with E-state index in [2.05, 4.69) is 16.1 Å². The summed E-state index contributed by atoms with van der Waals surface area (Å²) in [7, 11) is 0. The number of aliphatic hydroxyl groups excluding tert-OH is 1. The van der Waals surface area contributed by atoms with Crippen molar-refractivity contribution in [2.45, 2.75) is 45.8 Å². The Morgan fingerprint density at radius 2 is 2.17 bits per heavy atom. The Hall–Kier alpha value is -1.85. The van der Waals surface area contributed by atoms with E-state index in [4.69, 9.17) is 9.26 Å². The second-order valence-electron chi connectivity index (χ2n) is 6.76. The number of β-amino-alcohol motifs (C(OH)–C–C–N with tert-alkyl or cyclic N) is 1. The Balaban J connectivity index is 1.56. The van der Waals surface area contributed by atoms with Gasteiger partial charge < -0.3 is 14.4 Å². The normalized spacial score (nSPS) is 19.6.